The molecule has 0 spiro atoms. The van der Waals surface area contributed by atoms with Crippen molar-refractivity contribution < 1.29 is 13.9 Å². The van der Waals surface area contributed by atoms with E-state index in [2.05, 4.69) is 143 Å². The number of halogens is 2. The van der Waals surface area contributed by atoms with Gasteiger partial charge in [0.25, 0.3) is 0 Å². The molecular weight excluding hydrogens is 745 g/mol. The Bertz CT molecular complexity index is 3070. The van der Waals surface area contributed by atoms with Crippen LogP contribution in [0.25, 0.3) is 83.5 Å². The average Bonchev–Trinajstić information content (AvgIpc) is 3.59. The highest BCUT2D eigenvalue weighted by Crippen LogP contribution is 2.41. The van der Waals surface area contributed by atoms with Gasteiger partial charge < -0.3 is 9.67 Å². The van der Waals surface area contributed by atoms with E-state index in [1.165, 1.54) is 10.8 Å². The number of nitrogens with zero attached hydrogens (tertiary/aromatic N) is 3. The fourth-order valence-electron chi connectivity index (χ4n) is 8.10. The van der Waals surface area contributed by atoms with Crippen LogP contribution in [0.4, 0.5) is 8.78 Å². The molecule has 0 aliphatic rings. The van der Waals surface area contributed by atoms with Crippen LogP contribution in [0.3, 0.4) is 0 Å². The minimum atomic E-state index is -1.05. The molecule has 0 saturated heterocycles. The predicted molar refractivity (Wildman–Crippen MR) is 243 cm³/mol. The number of para-hydroxylation sites is 3. The number of benzene rings is 6. The second-order valence-corrected chi connectivity index (χ2v) is 17.6. The lowest BCUT2D eigenvalue weighted by Crippen LogP contribution is -2.16. The molecule has 6 heteroatoms. The highest BCUT2D eigenvalue weighted by atomic mass is 19.1. The molecule has 0 unspecified atom stereocenters. The Kier molecular flexibility index (Phi) is 9.47. The first-order chi connectivity index (χ1) is 28.7. The average molecular weight is 790 g/mol. The third-order valence-corrected chi connectivity index (χ3v) is 11.4. The number of phenols is 1. The van der Waals surface area contributed by atoms with Gasteiger partial charge in [0, 0.05) is 51.0 Å². The van der Waals surface area contributed by atoms with Gasteiger partial charge in [-0.1, -0.05) is 133 Å². The van der Waals surface area contributed by atoms with E-state index in [4.69, 9.17) is 9.97 Å². The fraction of sp³-hybridized carbons (Fsp3) is 0.148. The Morgan fingerprint density at radius 1 is 0.500 bits per heavy atom. The molecule has 3 heterocycles. The summed E-state index contributed by atoms with van der Waals surface area (Å²) in [6.45, 7) is 13.1. The van der Waals surface area contributed by atoms with E-state index in [1.807, 2.05) is 42.6 Å². The number of aromatic hydroxyl groups is 1. The number of phenolic OH excluding ortho intramolecular Hbond substituents is 1. The molecular formula is C54H45F2N3O. The summed E-state index contributed by atoms with van der Waals surface area (Å²) >= 11 is 0. The van der Waals surface area contributed by atoms with Crippen LogP contribution in [0.15, 0.2) is 158 Å². The van der Waals surface area contributed by atoms with Crippen LogP contribution in [0.1, 0.15) is 52.7 Å². The summed E-state index contributed by atoms with van der Waals surface area (Å²) in [7, 11) is 0. The van der Waals surface area contributed by atoms with E-state index < -0.39 is 17.4 Å². The summed E-state index contributed by atoms with van der Waals surface area (Å²) in [4.78, 5) is 9.82. The Labute approximate surface area is 349 Å². The molecule has 296 valence electrons. The van der Waals surface area contributed by atoms with Gasteiger partial charge >= 0.3 is 0 Å². The molecule has 9 aromatic rings. The summed E-state index contributed by atoms with van der Waals surface area (Å²) < 4.78 is 32.0. The Hall–Kier alpha value is -6.92. The third kappa shape index (κ3) is 7.13. The molecule has 60 heavy (non-hydrogen) atoms. The summed E-state index contributed by atoms with van der Waals surface area (Å²) in [5.41, 5.74) is 12.5. The molecule has 0 aliphatic carbocycles. The summed E-state index contributed by atoms with van der Waals surface area (Å²) in [5.74, 6) is -2.50. The highest BCUT2D eigenvalue weighted by Gasteiger charge is 2.23. The van der Waals surface area contributed by atoms with Crippen molar-refractivity contribution in [2.75, 3.05) is 0 Å². The van der Waals surface area contributed by atoms with Gasteiger partial charge in [-0.15, -0.1) is 0 Å². The molecule has 0 radical (unpaired) electrons. The smallest absolute Gasteiger partial charge is 0.168 e. The zero-order chi connectivity index (χ0) is 41.9. The molecule has 9 rings (SSSR count). The Morgan fingerprint density at radius 2 is 1.12 bits per heavy atom. The van der Waals surface area contributed by atoms with Crippen LogP contribution in [0, 0.1) is 11.6 Å². The topological polar surface area (TPSA) is 50.9 Å². The molecule has 0 saturated carbocycles. The van der Waals surface area contributed by atoms with Crippen molar-refractivity contribution in [3.63, 3.8) is 0 Å². The molecule has 0 amide bonds. The summed E-state index contributed by atoms with van der Waals surface area (Å²) in [6.07, 6.45) is 1.85. The zero-order valence-electron chi connectivity index (χ0n) is 34.6. The van der Waals surface area contributed by atoms with Crippen LogP contribution in [0.2, 0.25) is 0 Å². The van der Waals surface area contributed by atoms with Crippen LogP contribution in [-0.4, -0.2) is 19.6 Å². The molecule has 6 aromatic carbocycles. The van der Waals surface area contributed by atoms with Crippen LogP contribution in [-0.2, 0) is 10.8 Å². The van der Waals surface area contributed by atoms with E-state index in [0.29, 0.717) is 11.8 Å². The minimum absolute atomic E-state index is 0.0220. The van der Waals surface area contributed by atoms with E-state index in [0.717, 1.165) is 73.0 Å². The molecule has 0 aliphatic heterocycles. The van der Waals surface area contributed by atoms with Crippen molar-refractivity contribution in [1.29, 1.82) is 0 Å². The number of fused-ring (bicyclic) bond motifs is 3. The van der Waals surface area contributed by atoms with Gasteiger partial charge in [-0.3, -0.25) is 4.98 Å². The highest BCUT2D eigenvalue weighted by molar-refractivity contribution is 6.13. The number of rotatable bonds is 6. The minimum Gasteiger partial charge on any atom is -0.504 e. The first kappa shape index (κ1) is 38.6. The lowest BCUT2D eigenvalue weighted by atomic mass is 9.79. The van der Waals surface area contributed by atoms with Crippen molar-refractivity contribution in [1.82, 2.24) is 14.5 Å². The van der Waals surface area contributed by atoms with Crippen LogP contribution < -0.4 is 0 Å². The Balaban J connectivity index is 1.20. The molecule has 3 aromatic heterocycles. The van der Waals surface area contributed by atoms with Crippen LogP contribution >= 0.6 is 0 Å². The normalized spacial score (nSPS) is 12.1. The third-order valence-electron chi connectivity index (χ3n) is 11.4. The molecule has 0 bridgehead atoms. The number of hydrogen-bond donors (Lipinski definition) is 1. The maximum absolute atomic E-state index is 14.9. The van der Waals surface area contributed by atoms with Crippen molar-refractivity contribution in [3.8, 4) is 67.5 Å². The van der Waals surface area contributed by atoms with Crippen molar-refractivity contribution in [2.24, 2.45) is 0 Å². The van der Waals surface area contributed by atoms with Gasteiger partial charge in [0.05, 0.1) is 28.1 Å². The van der Waals surface area contributed by atoms with Crippen molar-refractivity contribution in [2.45, 2.75) is 52.4 Å². The molecule has 4 nitrogen and oxygen atoms in total. The number of aromatic nitrogens is 3. The second-order valence-electron chi connectivity index (χ2n) is 17.6. The first-order valence-electron chi connectivity index (χ1n) is 20.2. The van der Waals surface area contributed by atoms with E-state index >= 15 is 0 Å². The van der Waals surface area contributed by atoms with Gasteiger partial charge in [-0.05, 0) is 93.2 Å². The van der Waals surface area contributed by atoms with Gasteiger partial charge in [-0.25, -0.2) is 13.8 Å². The zero-order valence-corrected chi connectivity index (χ0v) is 34.6. The molecule has 0 fully saturated rings. The lowest BCUT2D eigenvalue weighted by Gasteiger charge is -2.26. The summed E-state index contributed by atoms with van der Waals surface area (Å²) in [6, 6.07) is 49.8. The molecule has 0 atom stereocenters. The van der Waals surface area contributed by atoms with Gasteiger partial charge in [0.1, 0.15) is 5.82 Å². The van der Waals surface area contributed by atoms with Crippen molar-refractivity contribution in [3.05, 3.63) is 181 Å². The molecule has 1 N–H and O–H groups in total. The van der Waals surface area contributed by atoms with Gasteiger partial charge in [0.15, 0.2) is 11.6 Å². The maximum Gasteiger partial charge on any atom is 0.168 e. The quantitative estimate of drug-likeness (QED) is 0.183. The summed E-state index contributed by atoms with van der Waals surface area (Å²) in [5, 5.41) is 13.3. The van der Waals surface area contributed by atoms with Gasteiger partial charge in [0.2, 0.25) is 0 Å². The SMILES string of the molecule is CC(C)(C)c1cc(-c2cc(-c3cccc(-c4cc(-c5cccc6c7ccccc7n(-c7ccccc7)c56)ccn4)c3)nc(-c3cc(F)cc(F)c3O)c2)cc(C(C)(C)C)c1. The number of pyridine rings is 2. The van der Waals surface area contributed by atoms with Crippen molar-refractivity contribution >= 4 is 21.8 Å². The van der Waals surface area contributed by atoms with E-state index in [1.54, 1.807) is 6.07 Å². The Morgan fingerprint density at radius 3 is 1.85 bits per heavy atom. The van der Waals surface area contributed by atoms with E-state index in [-0.39, 0.29) is 22.1 Å². The van der Waals surface area contributed by atoms with E-state index in [9.17, 15) is 13.9 Å². The monoisotopic (exact) mass is 789 g/mol. The predicted octanol–water partition coefficient (Wildman–Crippen LogP) is 14.5. The standard InChI is InChI=1S/C54H45F2N3O/c1-53(2,3)38-25-36(26-39(30-38)54(4,5)6)37-28-48(58-49(29-37)45-31-40(55)32-46(56)52(45)60)35-15-12-14-34(24-35)47-27-33(22-23-57-47)42-19-13-20-44-43-18-10-11-21-50(43)59(51(42)44)41-16-8-7-9-17-41/h7-32,60H,1-6H3. The lowest BCUT2D eigenvalue weighted by molar-refractivity contribution is 0.430. The fourth-order valence-corrected chi connectivity index (χ4v) is 8.10. The second kappa shape index (κ2) is 14.7. The van der Waals surface area contributed by atoms with Crippen LogP contribution in [0.5, 0.6) is 5.75 Å². The maximum atomic E-state index is 14.9. The number of hydrogen-bond acceptors (Lipinski definition) is 3. The first-order valence-corrected chi connectivity index (χ1v) is 20.2. The largest absolute Gasteiger partial charge is 0.504 e. The van der Waals surface area contributed by atoms with Gasteiger partial charge in [-0.2, -0.15) is 0 Å².